The van der Waals surface area contributed by atoms with Crippen molar-refractivity contribution in [3.8, 4) is 5.75 Å². The largest absolute Gasteiger partial charge is 0.423 e. The maximum Gasteiger partial charge on any atom is 0.343 e. The molecule has 0 unspecified atom stereocenters. The second-order valence-electron chi connectivity index (χ2n) is 5.18. The topological polar surface area (TPSA) is 35.5 Å². The van der Waals surface area contributed by atoms with Crippen molar-refractivity contribution in [2.24, 2.45) is 0 Å². The molecular formula is C18H18O3S. The minimum atomic E-state index is -0.283. The Morgan fingerprint density at radius 3 is 2.82 bits per heavy atom. The highest BCUT2D eigenvalue weighted by Crippen LogP contribution is 2.34. The first kappa shape index (κ1) is 15.1. The van der Waals surface area contributed by atoms with Crippen LogP contribution in [0.2, 0.25) is 0 Å². The molecule has 0 bridgehead atoms. The number of carbonyl (C=O) groups is 1. The smallest absolute Gasteiger partial charge is 0.343 e. The third-order valence-electron chi connectivity index (χ3n) is 3.65. The van der Waals surface area contributed by atoms with Gasteiger partial charge < -0.3 is 8.92 Å². The van der Waals surface area contributed by atoms with Crippen molar-refractivity contribution in [1.29, 1.82) is 0 Å². The van der Waals surface area contributed by atoms with Crippen molar-refractivity contribution >= 4 is 18.0 Å². The number of esters is 1. The molecule has 0 amide bonds. The highest BCUT2D eigenvalue weighted by molar-refractivity contribution is 7.94. The second-order valence-corrected chi connectivity index (χ2v) is 6.02. The van der Waals surface area contributed by atoms with E-state index < -0.39 is 0 Å². The Balaban J connectivity index is 1.93. The van der Waals surface area contributed by atoms with Gasteiger partial charge in [0.25, 0.3) is 0 Å². The van der Waals surface area contributed by atoms with Crippen molar-refractivity contribution in [3.63, 3.8) is 0 Å². The standard InChI is InChI=1S/C18H18O3S/c1-2-6-14-15-11-12-20-22-17(15)10-9-16(14)18(19)21-13-7-4-3-5-8-13/h3-5,7-10H,2,6,11-12H2,1H3. The third kappa shape index (κ3) is 3.18. The van der Waals surface area contributed by atoms with Crippen LogP contribution in [0.15, 0.2) is 47.4 Å². The molecule has 0 spiro atoms. The van der Waals surface area contributed by atoms with E-state index in [1.54, 1.807) is 12.1 Å². The maximum atomic E-state index is 12.5. The zero-order valence-electron chi connectivity index (χ0n) is 12.5. The molecule has 0 atom stereocenters. The number of carbonyl (C=O) groups excluding carboxylic acids is 1. The van der Waals surface area contributed by atoms with Gasteiger partial charge in [0.05, 0.1) is 12.2 Å². The van der Waals surface area contributed by atoms with Crippen LogP contribution in [-0.4, -0.2) is 12.6 Å². The van der Waals surface area contributed by atoms with Crippen molar-refractivity contribution in [2.75, 3.05) is 6.61 Å². The summed E-state index contributed by atoms with van der Waals surface area (Å²) in [5, 5.41) is 0. The number of rotatable bonds is 4. The van der Waals surface area contributed by atoms with Crippen LogP contribution in [0.25, 0.3) is 0 Å². The van der Waals surface area contributed by atoms with Crippen LogP contribution in [0.4, 0.5) is 0 Å². The summed E-state index contributed by atoms with van der Waals surface area (Å²) < 4.78 is 10.9. The highest BCUT2D eigenvalue weighted by atomic mass is 32.2. The van der Waals surface area contributed by atoms with Gasteiger partial charge in [-0.15, -0.1) is 0 Å². The summed E-state index contributed by atoms with van der Waals surface area (Å²) in [6.07, 6.45) is 2.72. The van der Waals surface area contributed by atoms with Gasteiger partial charge in [-0.1, -0.05) is 31.5 Å². The number of hydrogen-bond donors (Lipinski definition) is 0. The zero-order valence-corrected chi connectivity index (χ0v) is 13.3. The van der Waals surface area contributed by atoms with Gasteiger partial charge in [-0.05, 0) is 48.2 Å². The van der Waals surface area contributed by atoms with E-state index in [0.29, 0.717) is 17.9 Å². The van der Waals surface area contributed by atoms with Gasteiger partial charge in [0, 0.05) is 16.9 Å². The van der Waals surface area contributed by atoms with E-state index in [1.807, 2.05) is 30.3 Å². The molecule has 1 heterocycles. The minimum Gasteiger partial charge on any atom is -0.423 e. The van der Waals surface area contributed by atoms with Gasteiger partial charge in [-0.3, -0.25) is 0 Å². The van der Waals surface area contributed by atoms with Crippen molar-refractivity contribution in [1.82, 2.24) is 0 Å². The summed E-state index contributed by atoms with van der Waals surface area (Å²) in [5.41, 5.74) is 3.02. The summed E-state index contributed by atoms with van der Waals surface area (Å²) >= 11 is 1.40. The molecule has 114 valence electrons. The fraction of sp³-hybridized carbons (Fsp3) is 0.278. The molecule has 0 saturated carbocycles. The Bertz CT molecular complexity index is 668. The molecule has 0 aliphatic carbocycles. The Kier molecular flexibility index (Phi) is 4.80. The summed E-state index contributed by atoms with van der Waals surface area (Å²) in [6, 6.07) is 13.0. The van der Waals surface area contributed by atoms with Crippen LogP contribution >= 0.6 is 12.0 Å². The quantitative estimate of drug-likeness (QED) is 0.475. The van der Waals surface area contributed by atoms with Gasteiger partial charge >= 0.3 is 5.97 Å². The second kappa shape index (κ2) is 6.99. The minimum absolute atomic E-state index is 0.283. The number of para-hydroxylation sites is 1. The van der Waals surface area contributed by atoms with E-state index in [4.69, 9.17) is 8.92 Å². The lowest BCUT2D eigenvalue weighted by Crippen LogP contribution is -2.15. The Hall–Kier alpha value is -1.78. The van der Waals surface area contributed by atoms with Crippen molar-refractivity contribution in [2.45, 2.75) is 31.1 Å². The average Bonchev–Trinajstić information content (AvgIpc) is 2.56. The lowest BCUT2D eigenvalue weighted by molar-refractivity contribution is 0.0733. The fourth-order valence-corrected chi connectivity index (χ4v) is 3.39. The Morgan fingerprint density at radius 1 is 1.23 bits per heavy atom. The van der Waals surface area contributed by atoms with Crippen LogP contribution in [0, 0.1) is 0 Å². The monoisotopic (exact) mass is 314 g/mol. The fourth-order valence-electron chi connectivity index (χ4n) is 2.65. The molecule has 22 heavy (non-hydrogen) atoms. The molecule has 4 heteroatoms. The predicted molar refractivity (Wildman–Crippen MR) is 87.4 cm³/mol. The van der Waals surface area contributed by atoms with E-state index in [0.717, 1.165) is 29.7 Å². The molecule has 1 aliphatic rings. The summed E-state index contributed by atoms with van der Waals surface area (Å²) in [6.45, 7) is 2.81. The first-order chi connectivity index (χ1) is 10.8. The predicted octanol–water partition coefficient (Wildman–Crippen LogP) is 4.44. The van der Waals surface area contributed by atoms with Crippen LogP contribution in [0.5, 0.6) is 5.75 Å². The van der Waals surface area contributed by atoms with Gasteiger partial charge in [-0.25, -0.2) is 4.79 Å². The summed E-state index contributed by atoms with van der Waals surface area (Å²) in [7, 11) is 0. The van der Waals surface area contributed by atoms with Crippen molar-refractivity contribution < 1.29 is 13.7 Å². The highest BCUT2D eigenvalue weighted by Gasteiger charge is 2.21. The van der Waals surface area contributed by atoms with E-state index in [2.05, 4.69) is 6.92 Å². The molecular weight excluding hydrogens is 296 g/mol. The molecule has 0 fully saturated rings. The van der Waals surface area contributed by atoms with Gasteiger partial charge in [0.1, 0.15) is 5.75 Å². The lowest BCUT2D eigenvalue weighted by Gasteiger charge is -2.20. The molecule has 3 nitrogen and oxygen atoms in total. The molecule has 0 aromatic heterocycles. The Labute approximate surface area is 134 Å². The number of hydrogen-bond acceptors (Lipinski definition) is 4. The molecule has 2 aromatic rings. The van der Waals surface area contributed by atoms with E-state index in [9.17, 15) is 4.79 Å². The van der Waals surface area contributed by atoms with Gasteiger partial charge in [-0.2, -0.15) is 0 Å². The molecule has 1 aliphatic heterocycles. The number of ether oxygens (including phenoxy) is 1. The molecule has 0 radical (unpaired) electrons. The molecule has 0 N–H and O–H groups in total. The molecule has 3 rings (SSSR count). The maximum absolute atomic E-state index is 12.5. The first-order valence-corrected chi connectivity index (χ1v) is 8.25. The Morgan fingerprint density at radius 2 is 2.05 bits per heavy atom. The van der Waals surface area contributed by atoms with Crippen LogP contribution in [-0.2, 0) is 17.0 Å². The number of fused-ring (bicyclic) bond motifs is 1. The first-order valence-electron chi connectivity index (χ1n) is 7.51. The normalized spacial score (nSPS) is 13.5. The van der Waals surface area contributed by atoms with E-state index in [-0.39, 0.29) is 5.97 Å². The van der Waals surface area contributed by atoms with Gasteiger partial charge in [0.2, 0.25) is 0 Å². The average molecular weight is 314 g/mol. The van der Waals surface area contributed by atoms with Gasteiger partial charge in [0.15, 0.2) is 0 Å². The summed E-state index contributed by atoms with van der Waals surface area (Å²) in [4.78, 5) is 13.7. The SMILES string of the molecule is CCCc1c(C(=O)Oc2ccccc2)ccc2c1CCOS2. The summed E-state index contributed by atoms with van der Waals surface area (Å²) in [5.74, 6) is 0.291. The van der Waals surface area contributed by atoms with Crippen LogP contribution < -0.4 is 4.74 Å². The zero-order chi connectivity index (χ0) is 15.4. The van der Waals surface area contributed by atoms with Crippen LogP contribution in [0.3, 0.4) is 0 Å². The molecule has 0 saturated heterocycles. The molecule has 2 aromatic carbocycles. The van der Waals surface area contributed by atoms with E-state index >= 15 is 0 Å². The van der Waals surface area contributed by atoms with E-state index in [1.165, 1.54) is 17.6 Å². The van der Waals surface area contributed by atoms with Crippen molar-refractivity contribution in [3.05, 3.63) is 59.2 Å². The lowest BCUT2D eigenvalue weighted by atomic mass is 9.95. The third-order valence-corrected chi connectivity index (χ3v) is 4.49. The number of benzene rings is 2. The van der Waals surface area contributed by atoms with Crippen LogP contribution in [0.1, 0.15) is 34.8 Å².